The summed E-state index contributed by atoms with van der Waals surface area (Å²) >= 11 is 12.9. The zero-order chi connectivity index (χ0) is 37.9. The van der Waals surface area contributed by atoms with Gasteiger partial charge in [-0.25, -0.2) is 0 Å². The third-order valence-electron chi connectivity index (χ3n) is 8.00. The fourth-order valence-corrected chi connectivity index (χ4v) is 5.79. The first-order chi connectivity index (χ1) is 26.3. The number of nitrogens with zero attached hydrogens (tertiary/aromatic N) is 4. The lowest BCUT2D eigenvalue weighted by Crippen LogP contribution is -2.02. The molecule has 0 aliphatic carbocycles. The summed E-state index contributed by atoms with van der Waals surface area (Å²) in [5, 5.41) is 18.8. The first kappa shape index (κ1) is 37.1. The van der Waals surface area contributed by atoms with Crippen LogP contribution in [0.3, 0.4) is 0 Å². The van der Waals surface area contributed by atoms with E-state index in [9.17, 15) is 9.59 Å². The maximum absolute atomic E-state index is 11.8. The highest BCUT2D eigenvalue weighted by Gasteiger charge is 2.14. The second kappa shape index (κ2) is 17.7. The fourth-order valence-electron chi connectivity index (χ4n) is 5.34. The molecule has 0 unspecified atom stereocenters. The van der Waals surface area contributed by atoms with E-state index >= 15 is 0 Å². The number of ether oxygens (including phenoxy) is 4. The Morgan fingerprint density at radius 2 is 0.926 bits per heavy atom. The van der Waals surface area contributed by atoms with Crippen molar-refractivity contribution in [2.75, 3.05) is 0 Å². The van der Waals surface area contributed by atoms with Crippen LogP contribution in [0.5, 0.6) is 23.0 Å². The van der Waals surface area contributed by atoms with E-state index in [0.717, 1.165) is 22.3 Å². The van der Waals surface area contributed by atoms with Crippen LogP contribution >= 0.6 is 23.2 Å². The predicted molar refractivity (Wildman–Crippen MR) is 201 cm³/mol. The van der Waals surface area contributed by atoms with Crippen LogP contribution in [0, 0.1) is 22.7 Å². The molecule has 0 saturated heterocycles. The Hall–Kier alpha value is -6.72. The number of carbonyl (C=O) groups excluding carboxylic acids is 2. The van der Waals surface area contributed by atoms with Crippen LogP contribution in [0.2, 0.25) is 10.0 Å². The average Bonchev–Trinajstić information content (AvgIpc) is 3.21. The molecule has 0 saturated carbocycles. The van der Waals surface area contributed by atoms with Gasteiger partial charge in [0.25, 0.3) is 0 Å². The number of carbonyl (C=O) groups is 2. The molecule has 0 N–H and O–H groups in total. The molecule has 2 aromatic heterocycles. The Labute approximate surface area is 320 Å². The van der Waals surface area contributed by atoms with Gasteiger partial charge < -0.3 is 18.9 Å². The number of hydrogen-bond acceptors (Lipinski definition) is 10. The first-order valence-electron chi connectivity index (χ1n) is 16.3. The summed E-state index contributed by atoms with van der Waals surface area (Å²) in [6.07, 6.45) is 7.38. The summed E-state index contributed by atoms with van der Waals surface area (Å²) in [7, 11) is 0. The summed E-state index contributed by atoms with van der Waals surface area (Å²) in [6, 6.07) is 29.2. The summed E-state index contributed by atoms with van der Waals surface area (Å²) in [4.78, 5) is 31.6. The van der Waals surface area contributed by atoms with Crippen LogP contribution < -0.4 is 18.9 Å². The molecule has 0 spiro atoms. The van der Waals surface area contributed by atoms with Gasteiger partial charge in [0.15, 0.2) is 12.6 Å². The molecular formula is C42H28Cl2N4O6. The lowest BCUT2D eigenvalue weighted by atomic mass is 10.0. The summed E-state index contributed by atoms with van der Waals surface area (Å²) in [5.74, 6) is 1.24. The van der Waals surface area contributed by atoms with Crippen molar-refractivity contribution in [2.24, 2.45) is 0 Å². The van der Waals surface area contributed by atoms with Gasteiger partial charge in [-0.2, -0.15) is 10.5 Å². The van der Waals surface area contributed by atoms with Crippen molar-refractivity contribution in [2.45, 2.75) is 26.4 Å². The van der Waals surface area contributed by atoms with Crippen molar-refractivity contribution in [1.82, 2.24) is 9.97 Å². The molecule has 0 atom stereocenters. The molecule has 2 heterocycles. The number of pyridine rings is 2. The van der Waals surface area contributed by atoms with E-state index in [-0.39, 0.29) is 59.1 Å². The van der Waals surface area contributed by atoms with Gasteiger partial charge in [-0.3, -0.25) is 19.6 Å². The van der Waals surface area contributed by atoms with E-state index in [0.29, 0.717) is 46.3 Å². The maximum atomic E-state index is 11.8. The van der Waals surface area contributed by atoms with Gasteiger partial charge in [-0.15, -0.1) is 0 Å². The van der Waals surface area contributed by atoms with E-state index in [1.807, 2.05) is 60.7 Å². The molecule has 0 bridgehead atoms. The molecule has 54 heavy (non-hydrogen) atoms. The van der Waals surface area contributed by atoms with Crippen LogP contribution in [0.1, 0.15) is 54.1 Å². The molecule has 6 rings (SSSR count). The highest BCUT2D eigenvalue weighted by Crippen LogP contribution is 2.35. The van der Waals surface area contributed by atoms with E-state index < -0.39 is 0 Å². The van der Waals surface area contributed by atoms with Crippen LogP contribution in [-0.4, -0.2) is 22.5 Å². The molecule has 0 fully saturated rings. The van der Waals surface area contributed by atoms with E-state index in [1.165, 1.54) is 24.5 Å². The van der Waals surface area contributed by atoms with Gasteiger partial charge in [-0.1, -0.05) is 59.6 Å². The molecule has 266 valence electrons. The van der Waals surface area contributed by atoms with Crippen molar-refractivity contribution in [3.05, 3.63) is 164 Å². The van der Waals surface area contributed by atoms with Crippen molar-refractivity contribution in [1.29, 1.82) is 10.5 Å². The van der Waals surface area contributed by atoms with Crippen molar-refractivity contribution in [3.63, 3.8) is 0 Å². The molecule has 0 aliphatic rings. The molecule has 0 radical (unpaired) electrons. The fraction of sp³-hybridized carbons (Fsp3) is 0.0952. The average molecular weight is 756 g/mol. The topological polar surface area (TPSA) is 144 Å². The van der Waals surface area contributed by atoms with Crippen molar-refractivity contribution >= 4 is 35.8 Å². The number of halogens is 2. The number of nitriles is 2. The van der Waals surface area contributed by atoms with Gasteiger partial charge in [0, 0.05) is 48.0 Å². The molecular weight excluding hydrogens is 727 g/mol. The lowest BCUT2D eigenvalue weighted by molar-refractivity contribution is 0.111. The number of aromatic nitrogens is 2. The Morgan fingerprint density at radius 3 is 1.33 bits per heavy atom. The van der Waals surface area contributed by atoms with Gasteiger partial charge >= 0.3 is 0 Å². The van der Waals surface area contributed by atoms with Crippen molar-refractivity contribution < 1.29 is 28.5 Å². The lowest BCUT2D eigenvalue weighted by Gasteiger charge is -2.14. The monoisotopic (exact) mass is 754 g/mol. The Kier molecular flexibility index (Phi) is 12.1. The molecule has 6 aromatic rings. The minimum atomic E-state index is 0.0873. The summed E-state index contributed by atoms with van der Waals surface area (Å²) < 4.78 is 23.9. The van der Waals surface area contributed by atoms with Crippen LogP contribution in [0.15, 0.2) is 110 Å². The van der Waals surface area contributed by atoms with Crippen LogP contribution in [0.4, 0.5) is 0 Å². The molecule has 4 aromatic carbocycles. The number of rotatable bonds is 15. The second-order valence-electron chi connectivity index (χ2n) is 11.8. The van der Waals surface area contributed by atoms with Crippen LogP contribution in [-0.2, 0) is 26.4 Å². The first-order valence-corrected chi connectivity index (χ1v) is 17.1. The second-order valence-corrected chi connectivity index (χ2v) is 12.6. The van der Waals surface area contributed by atoms with Gasteiger partial charge in [0.2, 0.25) is 0 Å². The largest absolute Gasteiger partial charge is 0.488 e. The third kappa shape index (κ3) is 9.38. The predicted octanol–water partition coefficient (Wildman–Crippen LogP) is 9.13. The van der Waals surface area contributed by atoms with Gasteiger partial charge in [-0.05, 0) is 58.7 Å². The van der Waals surface area contributed by atoms with E-state index in [1.54, 1.807) is 36.7 Å². The standard InChI is InChI=1S/C42H28Cl2N4O6/c43-37-11-35(21-49)39(51-25-31-7-29(15-45)17-47-19-31)13-41(37)53-23-27-3-1-5-33(9-27)34-6-2-4-28(10-34)24-54-42-14-40(36(22-50)12-38(42)44)52-26-32-8-30(16-46)18-48-20-32/h1-14,17-22H,23-26H2. The summed E-state index contributed by atoms with van der Waals surface area (Å²) in [5.41, 5.74) is 6.28. The maximum Gasteiger partial charge on any atom is 0.153 e. The summed E-state index contributed by atoms with van der Waals surface area (Å²) in [6.45, 7) is 0.544. The smallest absolute Gasteiger partial charge is 0.153 e. The SMILES string of the molecule is N#Cc1cncc(COc2cc(OCc3cccc(-c4cccc(COc5cc(OCc6cncc(C#N)c6)c(C=O)cc5Cl)c4)c3)c(Cl)cc2C=O)c1. The molecule has 0 amide bonds. The molecule has 0 aliphatic heterocycles. The quantitative estimate of drug-likeness (QED) is 0.0931. The number of hydrogen-bond donors (Lipinski definition) is 0. The molecule has 12 heteroatoms. The minimum absolute atomic E-state index is 0.0873. The van der Waals surface area contributed by atoms with E-state index in [2.05, 4.69) is 9.97 Å². The van der Waals surface area contributed by atoms with Crippen LogP contribution in [0.25, 0.3) is 11.1 Å². The number of benzene rings is 4. The Morgan fingerprint density at radius 1 is 0.519 bits per heavy atom. The zero-order valence-corrected chi connectivity index (χ0v) is 29.9. The minimum Gasteiger partial charge on any atom is -0.488 e. The zero-order valence-electron chi connectivity index (χ0n) is 28.4. The van der Waals surface area contributed by atoms with E-state index in [4.69, 9.17) is 52.7 Å². The Bertz CT molecular complexity index is 2260. The highest BCUT2D eigenvalue weighted by molar-refractivity contribution is 6.32. The highest BCUT2D eigenvalue weighted by atomic mass is 35.5. The van der Waals surface area contributed by atoms with Gasteiger partial charge in [0.1, 0.15) is 61.6 Å². The third-order valence-corrected chi connectivity index (χ3v) is 8.59. The normalized spacial score (nSPS) is 10.4. The van der Waals surface area contributed by atoms with Crippen molar-refractivity contribution in [3.8, 4) is 46.3 Å². The van der Waals surface area contributed by atoms with Gasteiger partial charge in [0.05, 0.1) is 32.3 Å². The Balaban J connectivity index is 1.11. The molecule has 10 nitrogen and oxygen atoms in total. The number of aldehydes is 2.